The predicted molar refractivity (Wildman–Crippen MR) is 507 cm³/mol. The van der Waals surface area contributed by atoms with Gasteiger partial charge in [-0.2, -0.15) is 0 Å². The van der Waals surface area contributed by atoms with Gasteiger partial charge in [-0.25, -0.2) is 9.59 Å². The van der Waals surface area contributed by atoms with E-state index in [9.17, 15) is 19.8 Å². The van der Waals surface area contributed by atoms with Crippen molar-refractivity contribution < 1.29 is 93.7 Å². The molecule has 27 nitrogen and oxygen atoms in total. The van der Waals surface area contributed by atoms with Crippen molar-refractivity contribution in [2.45, 2.75) is 363 Å². The fraction of sp³-hybridized carbons (Fsp3) is 0.979. The smallest absolute Gasteiger partial charge is 0.442 e. The lowest BCUT2D eigenvalue weighted by atomic mass is 9.60. The van der Waals surface area contributed by atoms with Crippen LogP contribution in [0.1, 0.15) is 278 Å². The number of carbonyl (C=O) groups is 2. The number of epoxide rings is 2. The highest BCUT2D eigenvalue weighted by Gasteiger charge is 2.46. The lowest BCUT2D eigenvalue weighted by Crippen LogP contribution is -2.44. The average Bonchev–Trinajstić information content (AvgIpc) is 1.07. The van der Waals surface area contributed by atoms with Gasteiger partial charge < -0.3 is 120 Å². The number of alkyl carbamates (subject to hydrolysis) is 2. The van der Waals surface area contributed by atoms with Crippen LogP contribution in [-0.2, 0) is 73.9 Å². The Bertz CT molecular complexity index is 2520. The molecule has 2 aliphatic heterocycles. The van der Waals surface area contributed by atoms with Gasteiger partial charge in [0, 0.05) is 94.0 Å². The first-order valence-corrected chi connectivity index (χ1v) is 54.5. The number of rotatable bonds is 58. The van der Waals surface area contributed by atoms with Crippen LogP contribution < -0.4 is 16.0 Å². The van der Waals surface area contributed by atoms with Crippen LogP contribution in [0.3, 0.4) is 0 Å². The molecule has 8 rings (SSSR count). The van der Waals surface area contributed by atoms with E-state index in [4.69, 9.17) is 73.9 Å². The Kier molecular flexibility index (Phi) is 57.1. The van der Waals surface area contributed by atoms with Crippen LogP contribution in [-0.4, -0.2) is 333 Å². The molecule has 8 aliphatic rings. The Morgan fingerprint density at radius 1 is 0.349 bits per heavy atom. The first-order valence-electron chi connectivity index (χ1n) is 50.6. The molecule has 2 heterocycles. The number of carbonyl (C=O) groups excluding carboxylic acids is 2. The molecule has 6 atom stereocenters. The summed E-state index contributed by atoms with van der Waals surface area (Å²) in [6.07, 6.45) is 29.9. The summed E-state index contributed by atoms with van der Waals surface area (Å²) in [6.45, 7) is 54.4. The number of nitrogens with zero attached hydrogens (tertiary/aromatic N) is 4. The predicted octanol–water partition coefficient (Wildman–Crippen LogP) is 15.7. The van der Waals surface area contributed by atoms with E-state index in [1.807, 2.05) is 0 Å². The third kappa shape index (κ3) is 42.2. The molecule has 126 heavy (non-hydrogen) atoms. The molecular weight excluding hydrogens is 1640 g/mol. The Labute approximate surface area is 770 Å². The summed E-state index contributed by atoms with van der Waals surface area (Å²) >= 11 is 0. The number of hydrogen-bond acceptors (Lipinski definition) is 25. The molecule has 0 spiro atoms. The molecule has 6 aliphatic carbocycles. The van der Waals surface area contributed by atoms with E-state index in [-0.39, 0.29) is 42.0 Å². The molecule has 5 N–H and O–H groups in total. The number of likely N-dealkylation sites (N-methyl/N-ethyl adjacent to an activating group) is 4. The number of aliphatic hydroxyl groups excluding tert-OH is 2. The van der Waals surface area contributed by atoms with E-state index in [0.29, 0.717) is 150 Å². The van der Waals surface area contributed by atoms with Crippen molar-refractivity contribution in [2.24, 2.45) is 51.8 Å². The van der Waals surface area contributed by atoms with Crippen LogP contribution in [0.15, 0.2) is 0 Å². The zero-order valence-corrected chi connectivity index (χ0v) is 86.2. The van der Waals surface area contributed by atoms with E-state index in [1.165, 1.54) is 77.0 Å². The third-order valence-corrected chi connectivity index (χ3v) is 36.2. The largest absolute Gasteiger partial charge is 0.500 e. The molecule has 0 aromatic heterocycles. The Morgan fingerprint density at radius 3 is 0.778 bits per heavy atom. The SMILES string of the molecule is CC(C)(C1CCC(OCC2CO2)CC1)C1CCC(OCC2CO2)CC1.CCN(CC)CC(COC1CCC(C(C)(C)C2CCC(OCC(CN(CC)CC)OC(=O)NCCC[Si](OC)(OC)OC)CC2)CC1)OC(=O)NCCC[Si](OC)(OC)OC.CCN(CC)CC(O)COC1CCC(C(C)(C)C2CCC(OCC(O)CN(CC)CC)CC2)CC1.CCNCC. The van der Waals surface area contributed by atoms with Crippen LogP contribution in [0.5, 0.6) is 0 Å². The molecule has 8 fully saturated rings. The first kappa shape index (κ1) is 115. The molecule has 6 saturated carbocycles. The van der Waals surface area contributed by atoms with Gasteiger partial charge in [0.1, 0.15) is 24.4 Å². The number of ether oxygens (including phenoxy) is 10. The summed E-state index contributed by atoms with van der Waals surface area (Å²) in [6, 6.07) is 1.19. The summed E-state index contributed by atoms with van der Waals surface area (Å²) in [4.78, 5) is 34.7. The first-order chi connectivity index (χ1) is 60.5. The minimum atomic E-state index is -2.69. The van der Waals surface area contributed by atoms with Gasteiger partial charge in [-0.05, 0) is 284 Å². The monoisotopic (exact) mass is 1830 g/mol. The second kappa shape index (κ2) is 62.7. The molecular formula is C97H193N7O20Si2. The molecule has 2 amide bonds. The fourth-order valence-corrected chi connectivity index (χ4v) is 24.3. The van der Waals surface area contributed by atoms with Gasteiger partial charge >= 0.3 is 29.8 Å². The average molecular weight is 1830 g/mol. The molecule has 0 aromatic carbocycles. The summed E-state index contributed by atoms with van der Waals surface area (Å²) in [5.74, 6) is 4.46. The molecule has 29 heteroatoms. The van der Waals surface area contributed by atoms with Gasteiger partial charge in [-0.3, -0.25) is 0 Å². The number of amides is 2. The van der Waals surface area contributed by atoms with E-state index in [0.717, 1.165) is 193 Å². The highest BCUT2D eigenvalue weighted by molar-refractivity contribution is 6.60. The Morgan fingerprint density at radius 2 is 0.571 bits per heavy atom. The van der Waals surface area contributed by atoms with Crippen molar-refractivity contribution in [1.29, 1.82) is 0 Å². The molecule has 6 unspecified atom stereocenters. The number of aliphatic hydroxyl groups is 2. The summed E-state index contributed by atoms with van der Waals surface area (Å²) < 4.78 is 92.5. The minimum absolute atomic E-state index is 0.161. The lowest BCUT2D eigenvalue weighted by molar-refractivity contribution is -0.0667. The lowest BCUT2D eigenvalue weighted by Gasteiger charge is -2.46. The second-order valence-electron chi connectivity index (χ2n) is 39.1. The Hall–Kier alpha value is -1.87. The van der Waals surface area contributed by atoms with Crippen molar-refractivity contribution in [3.63, 3.8) is 0 Å². The zero-order valence-electron chi connectivity index (χ0n) is 84.2. The maximum Gasteiger partial charge on any atom is 0.500 e. The number of nitrogens with one attached hydrogen (secondary N) is 3. The van der Waals surface area contributed by atoms with Crippen LogP contribution >= 0.6 is 0 Å². The van der Waals surface area contributed by atoms with E-state index >= 15 is 0 Å². The van der Waals surface area contributed by atoms with Crippen molar-refractivity contribution in [3.8, 4) is 0 Å². The van der Waals surface area contributed by atoms with Crippen LogP contribution in [0.2, 0.25) is 12.1 Å². The topological polar surface area (TPSA) is 278 Å². The van der Waals surface area contributed by atoms with E-state index in [2.05, 4.69) is 146 Å². The van der Waals surface area contributed by atoms with E-state index in [1.54, 1.807) is 42.7 Å². The van der Waals surface area contributed by atoms with Crippen molar-refractivity contribution >= 4 is 29.8 Å². The fourth-order valence-electron chi connectivity index (χ4n) is 20.8. The standard InChI is InChI=1S/C43H88N4O12Si2.C29H58N2O4.C21H36O4.C4H11N/c1-13-46(14-2)31-39(58-41(48)44-27-17-29-60(50-7,51-8)52-9)33-56-37-23-19-35(20-24-37)43(5,6)36-21-25-38(26-22-36)57-34-40(32-47(15-3)16-4)59-42(49)45-28-18-30-61(53-10,54-11)55-12;1-7-30(8-2)19-25(32)21-34-27-15-11-23(12-16-27)29(5,6)24-13-17-28(18-14-24)35-22-26(33)20-31(9-3)10-4;1-21(2,15-3-7-17(8-4-15)22-11-19-13-24-19)16-5-9-18(10-6-16)23-12-20-14-25-20;1-3-5-4-2/h35-40H,13-34H2,1-12H3,(H,44,48)(H,45,49);23-28,32-33H,7-22H2,1-6H3;15-20H,3-14H2,1-2H3;5H,3-4H2,1-2H3. The zero-order chi connectivity index (χ0) is 92.6. The number of hydrogen-bond donors (Lipinski definition) is 5. The van der Waals surface area contributed by atoms with Gasteiger partial charge in [-0.15, -0.1) is 0 Å². The molecule has 0 aromatic rings. The maximum absolute atomic E-state index is 12.8. The van der Waals surface area contributed by atoms with Crippen molar-refractivity contribution in [1.82, 2.24) is 35.6 Å². The molecule has 744 valence electrons. The van der Waals surface area contributed by atoms with Crippen molar-refractivity contribution in [3.05, 3.63) is 0 Å². The van der Waals surface area contributed by atoms with Gasteiger partial charge in [0.15, 0.2) is 0 Å². The van der Waals surface area contributed by atoms with Crippen molar-refractivity contribution in [2.75, 3.05) is 200 Å². The summed E-state index contributed by atoms with van der Waals surface area (Å²) in [5, 5.41) is 29.5. The van der Waals surface area contributed by atoms with Crippen LogP contribution in [0.4, 0.5) is 9.59 Å². The van der Waals surface area contributed by atoms with Gasteiger partial charge in [0.2, 0.25) is 0 Å². The second-order valence-corrected chi connectivity index (χ2v) is 45.3. The van der Waals surface area contributed by atoms with Crippen LogP contribution in [0, 0.1) is 51.8 Å². The van der Waals surface area contributed by atoms with Gasteiger partial charge in [-0.1, -0.05) is 111 Å². The molecule has 0 bridgehead atoms. The summed E-state index contributed by atoms with van der Waals surface area (Å²) in [5.41, 5.74) is 1.01. The highest BCUT2D eigenvalue weighted by Crippen LogP contribution is 2.52. The maximum atomic E-state index is 12.8. The van der Waals surface area contributed by atoms with Gasteiger partial charge in [0.25, 0.3) is 0 Å². The highest BCUT2D eigenvalue weighted by atomic mass is 28.4. The normalized spacial score (nSPS) is 26.7. The Balaban J connectivity index is 0.000000360. The van der Waals surface area contributed by atoms with Crippen LogP contribution in [0.25, 0.3) is 0 Å². The molecule has 0 radical (unpaired) electrons. The van der Waals surface area contributed by atoms with E-state index < -0.39 is 29.8 Å². The van der Waals surface area contributed by atoms with Gasteiger partial charge in [0.05, 0.1) is 102 Å². The minimum Gasteiger partial charge on any atom is -0.442 e. The third-order valence-electron chi connectivity index (χ3n) is 30.5. The molecule has 2 saturated heterocycles. The quantitative estimate of drug-likeness (QED) is 0.0215. The summed E-state index contributed by atoms with van der Waals surface area (Å²) in [7, 11) is 4.17.